The molecule has 8 fully saturated rings. The molecular weight excluding hydrogens is 1130 g/mol. The number of carbonyl (C=O) groups excluding carboxylic acids is 1. The molecule has 0 amide bonds. The average molecular weight is 1220 g/mol. The zero-order valence-corrected chi connectivity index (χ0v) is 49.4. The molecule has 0 bridgehead atoms. The van der Waals surface area contributed by atoms with Gasteiger partial charge in [-0.3, -0.25) is 4.79 Å². The Balaban J connectivity index is 0.858. The van der Waals surface area contributed by atoms with E-state index in [1.807, 2.05) is 13.8 Å². The minimum absolute atomic E-state index is 0.0801. The molecule has 6 saturated heterocycles. The highest BCUT2D eigenvalue weighted by Gasteiger charge is 2.72. The molecule has 6 aliphatic heterocycles. The van der Waals surface area contributed by atoms with Crippen LogP contribution in [0.1, 0.15) is 113 Å². The summed E-state index contributed by atoms with van der Waals surface area (Å²) in [5.74, 6) is 0.291. The van der Waals surface area contributed by atoms with Gasteiger partial charge >= 0.3 is 0 Å². The number of allylic oxidation sites excluding steroid dienone is 2. The third-order valence-corrected chi connectivity index (χ3v) is 22.6. The second-order valence-electron chi connectivity index (χ2n) is 26.9. The predicted molar refractivity (Wildman–Crippen MR) is 285 cm³/mol. The van der Waals surface area contributed by atoms with E-state index in [0.29, 0.717) is 19.3 Å². The Morgan fingerprint density at radius 2 is 1.14 bits per heavy atom. The third kappa shape index (κ3) is 11.0. The van der Waals surface area contributed by atoms with Crippen LogP contribution in [0.2, 0.25) is 0 Å². The maximum Gasteiger partial charge on any atom is 0.187 e. The lowest BCUT2D eigenvalue weighted by molar-refractivity contribution is -0.406. The number of carbonyl (C=O) groups is 1. The van der Waals surface area contributed by atoms with Crippen molar-refractivity contribution >= 4 is 5.78 Å². The molecule has 0 aromatic carbocycles. The van der Waals surface area contributed by atoms with Crippen molar-refractivity contribution < 1.29 is 133 Å². The van der Waals surface area contributed by atoms with Crippen molar-refractivity contribution in [3.05, 3.63) is 11.1 Å². The maximum atomic E-state index is 13.0. The number of fused-ring (bicyclic) bond motifs is 5. The van der Waals surface area contributed by atoms with E-state index in [4.69, 9.17) is 52.1 Å². The summed E-state index contributed by atoms with van der Waals surface area (Å²) in [7, 11) is 0. The molecular formula is C58H94O27. The van der Waals surface area contributed by atoms with Crippen LogP contribution in [0.4, 0.5) is 0 Å². The Morgan fingerprint density at radius 1 is 0.565 bits per heavy atom. The van der Waals surface area contributed by atoms with Gasteiger partial charge in [-0.1, -0.05) is 52.7 Å². The highest BCUT2D eigenvalue weighted by atomic mass is 16.8. The van der Waals surface area contributed by atoms with Crippen molar-refractivity contribution in [1.29, 1.82) is 0 Å². The Morgan fingerprint density at radius 3 is 1.79 bits per heavy atom. The van der Waals surface area contributed by atoms with Crippen LogP contribution in [0.3, 0.4) is 0 Å². The van der Waals surface area contributed by atoms with Crippen LogP contribution in [0.15, 0.2) is 11.1 Å². The lowest BCUT2D eigenvalue weighted by Crippen LogP contribution is -2.68. The molecule has 2 unspecified atom stereocenters. The van der Waals surface area contributed by atoms with Crippen LogP contribution < -0.4 is 0 Å². The number of ketones is 1. The van der Waals surface area contributed by atoms with Crippen molar-refractivity contribution in [1.82, 2.24) is 0 Å². The summed E-state index contributed by atoms with van der Waals surface area (Å²) in [5, 5.41) is 165. The van der Waals surface area contributed by atoms with Gasteiger partial charge < -0.3 is 129 Å². The number of aliphatic hydroxyl groups is 15. The molecule has 15 N–H and O–H groups in total. The Labute approximate surface area is 493 Å². The summed E-state index contributed by atoms with van der Waals surface area (Å²) in [6, 6.07) is 0. The standard InChI is InChI=1S/C58H94O27/c1-8-27(62)29-17-23(2)58(85-29)16-15-56(6)26-9-10-33-54(4,25(26)11-14-57(56,58)7)13-12-34(55(33,5)22-61)81-50-44(73)42(71)38(67)32(80-50)21-76-52-47(36(65)28(63)20-75-52)83-53-48(84-49-43(72)40(69)35(64)24(3)77-49)46(39(68)31(19-60)79-53)82-51-45(74)41(70)37(66)30(18-59)78-51/h23-24,28-53,59-61,63-74H,8-22H2,1-7H3/t23-,24+,28+,29+,30-,31-,32-,33-,34+,35+,36+,37-,38?,39-,40-,41+,42?,43-,44-,45-,46+,47-,48-,49+,50+,51+,52+,53+,54-,55-,56+,57+,58+/m1/s1. The largest absolute Gasteiger partial charge is 0.396 e. The van der Waals surface area contributed by atoms with Gasteiger partial charge in [-0.15, -0.1) is 0 Å². The van der Waals surface area contributed by atoms with Crippen LogP contribution in [-0.2, 0) is 56.9 Å². The van der Waals surface area contributed by atoms with Crippen molar-refractivity contribution in [3.8, 4) is 0 Å². The highest BCUT2D eigenvalue weighted by Crippen LogP contribution is 2.75. The molecule has 0 aromatic heterocycles. The van der Waals surface area contributed by atoms with Crippen LogP contribution in [0, 0.1) is 33.5 Å². The second-order valence-corrected chi connectivity index (χ2v) is 26.9. The second kappa shape index (κ2) is 25.1. The smallest absolute Gasteiger partial charge is 0.187 e. The summed E-state index contributed by atoms with van der Waals surface area (Å²) in [6.07, 6.45) is -36.8. The van der Waals surface area contributed by atoms with Crippen molar-refractivity contribution in [2.45, 2.75) is 278 Å². The number of Topliss-reactive ketones (excluding diaryl/α,β-unsaturated/α-hetero) is 1. The van der Waals surface area contributed by atoms with Crippen LogP contribution in [0.25, 0.3) is 0 Å². The topological polar surface area (TPSA) is 422 Å². The number of hydrogen-bond acceptors (Lipinski definition) is 27. The van der Waals surface area contributed by atoms with Gasteiger partial charge in [0.2, 0.25) is 0 Å². The van der Waals surface area contributed by atoms with E-state index in [1.54, 1.807) is 0 Å². The monoisotopic (exact) mass is 1220 g/mol. The molecule has 488 valence electrons. The van der Waals surface area contributed by atoms with E-state index < -0.39 is 197 Å². The molecule has 33 atom stereocenters. The molecule has 4 aliphatic carbocycles. The lowest BCUT2D eigenvalue weighted by atomic mass is 9.42. The summed E-state index contributed by atoms with van der Waals surface area (Å²) >= 11 is 0. The molecule has 85 heavy (non-hydrogen) atoms. The number of aliphatic hydroxyl groups excluding tert-OH is 15. The van der Waals surface area contributed by atoms with Gasteiger partial charge in [-0.05, 0) is 87.4 Å². The van der Waals surface area contributed by atoms with Crippen molar-refractivity contribution in [2.24, 2.45) is 33.5 Å². The van der Waals surface area contributed by atoms with Crippen LogP contribution in [-0.4, -0.2) is 281 Å². The average Bonchev–Trinajstić information content (AvgIpc) is 1.64. The maximum absolute atomic E-state index is 13.0. The molecule has 27 nitrogen and oxygen atoms in total. The zero-order valence-electron chi connectivity index (χ0n) is 49.4. The first-order valence-electron chi connectivity index (χ1n) is 30.5. The highest BCUT2D eigenvalue weighted by molar-refractivity contribution is 5.83. The van der Waals surface area contributed by atoms with Gasteiger partial charge in [0, 0.05) is 17.3 Å². The normalized spacial score (nSPS) is 54.7. The summed E-state index contributed by atoms with van der Waals surface area (Å²) < 4.78 is 67.3. The van der Waals surface area contributed by atoms with E-state index in [0.717, 1.165) is 44.9 Å². The van der Waals surface area contributed by atoms with Crippen molar-refractivity contribution in [3.63, 3.8) is 0 Å². The van der Waals surface area contributed by atoms with Crippen LogP contribution >= 0.6 is 0 Å². The van der Waals surface area contributed by atoms with E-state index in [9.17, 15) is 81.4 Å². The third-order valence-electron chi connectivity index (χ3n) is 22.6. The SMILES string of the molecule is CCC(=O)[C@@H]1C[C@@H](C)[C@]2(CC[C@@]3(C)C4=C(CC[C@@]32C)[C@@]2(C)CC[C@H](O[C@@H]3O[C@H](CO[C@@H]5OC[C@H](O)[C@H](O)[C@H]5O[C@@H]5O[C@H](CO)[C@@H](O)[C@H](O[C@@H]6O[C@H](CO)[C@@H](O)[C@H](O)[C@H]6O)[C@H]5O[C@@H]5O[C@@H](C)[C@H](O)[C@@H](O)[C@H]5O)C(O)C(O)[C@H]3O)[C@](C)(CO)[C@@H]2CC4)O1. The molecule has 27 heteroatoms. The predicted octanol–water partition coefficient (Wildman–Crippen LogP) is -3.62. The molecule has 2 saturated carbocycles. The first-order chi connectivity index (χ1) is 40.1. The summed E-state index contributed by atoms with van der Waals surface area (Å²) in [5.41, 5.74) is 0.871. The van der Waals surface area contributed by atoms with E-state index in [-0.39, 0.29) is 40.5 Å². The summed E-state index contributed by atoms with van der Waals surface area (Å²) in [6.45, 7) is 11.2. The van der Waals surface area contributed by atoms with Gasteiger partial charge in [-0.25, -0.2) is 0 Å². The Kier molecular flexibility index (Phi) is 19.6. The van der Waals surface area contributed by atoms with Gasteiger partial charge in [0.1, 0.15) is 116 Å². The van der Waals surface area contributed by atoms with Gasteiger partial charge in [0.15, 0.2) is 37.2 Å². The lowest BCUT2D eigenvalue weighted by Gasteiger charge is -2.63. The first kappa shape index (κ1) is 66.3. The fourth-order valence-corrected chi connectivity index (χ4v) is 17.1. The van der Waals surface area contributed by atoms with Crippen LogP contribution in [0.5, 0.6) is 0 Å². The fourth-order valence-electron chi connectivity index (χ4n) is 17.1. The van der Waals surface area contributed by atoms with E-state index in [2.05, 4.69) is 27.7 Å². The summed E-state index contributed by atoms with van der Waals surface area (Å²) in [4.78, 5) is 13.0. The number of hydrogen-bond donors (Lipinski definition) is 15. The minimum atomic E-state index is -2.05. The minimum Gasteiger partial charge on any atom is -0.396 e. The Hall–Kier alpha value is -1.63. The molecule has 1 spiro atoms. The van der Waals surface area contributed by atoms with Crippen molar-refractivity contribution in [2.75, 3.05) is 33.0 Å². The molecule has 0 aromatic rings. The fraction of sp³-hybridized carbons (Fsp3) is 0.948. The van der Waals surface area contributed by atoms with Gasteiger partial charge in [0.25, 0.3) is 0 Å². The molecule has 0 radical (unpaired) electrons. The number of rotatable bonds is 16. The Bertz CT molecular complexity index is 2350. The molecule has 10 rings (SSSR count). The quantitative estimate of drug-likeness (QED) is 0.0664. The van der Waals surface area contributed by atoms with E-state index >= 15 is 0 Å². The van der Waals surface area contributed by atoms with Gasteiger partial charge in [0.05, 0.1) is 50.8 Å². The van der Waals surface area contributed by atoms with E-state index in [1.165, 1.54) is 18.1 Å². The number of ether oxygens (including phenoxy) is 11. The van der Waals surface area contributed by atoms with Gasteiger partial charge in [-0.2, -0.15) is 0 Å². The first-order valence-corrected chi connectivity index (χ1v) is 30.5. The molecule has 6 heterocycles. The molecule has 10 aliphatic rings. The zero-order chi connectivity index (χ0) is 61.8.